The summed E-state index contributed by atoms with van der Waals surface area (Å²) >= 11 is 0. The maximum atomic E-state index is 14.0. The Hall–Kier alpha value is -1.03. The van der Waals surface area contributed by atoms with Gasteiger partial charge >= 0.3 is 0 Å². The lowest BCUT2D eigenvalue weighted by Gasteiger charge is -2.26. The Morgan fingerprint density at radius 3 is 2.82 bits per heavy atom. The molecule has 0 saturated carbocycles. The van der Waals surface area contributed by atoms with E-state index in [1.807, 2.05) is 0 Å². The molecule has 0 spiro atoms. The molecule has 0 radical (unpaired) electrons. The van der Waals surface area contributed by atoms with Crippen molar-refractivity contribution >= 4 is 0 Å². The molecule has 1 N–H and O–H groups in total. The largest absolute Gasteiger partial charge is 0.316 e. The third kappa shape index (κ3) is 3.22. The van der Waals surface area contributed by atoms with E-state index in [9.17, 15) is 13.2 Å². The van der Waals surface area contributed by atoms with E-state index in [4.69, 9.17) is 0 Å². The van der Waals surface area contributed by atoms with Crippen LogP contribution in [0.1, 0.15) is 18.4 Å². The predicted octanol–water partition coefficient (Wildman–Crippen LogP) is 2.85. The fraction of sp³-hybridized carbons (Fsp3) is 0.538. The minimum atomic E-state index is -1.07. The van der Waals surface area contributed by atoms with Crippen molar-refractivity contribution in [3.63, 3.8) is 0 Å². The van der Waals surface area contributed by atoms with Crippen LogP contribution in [0.3, 0.4) is 0 Å². The highest BCUT2D eigenvalue weighted by atomic mass is 19.1. The quantitative estimate of drug-likeness (QED) is 0.860. The van der Waals surface area contributed by atoms with E-state index < -0.39 is 17.8 Å². The maximum absolute atomic E-state index is 14.0. The molecule has 94 valence electrons. The lowest BCUT2D eigenvalue weighted by atomic mass is 9.91. The smallest absolute Gasteiger partial charge is 0.129 e. The molecule has 0 bridgehead atoms. The highest BCUT2D eigenvalue weighted by molar-refractivity contribution is 5.19. The number of rotatable bonds is 3. The molecule has 2 rings (SSSR count). The van der Waals surface area contributed by atoms with Gasteiger partial charge in [0.2, 0.25) is 0 Å². The lowest BCUT2D eigenvalue weighted by Crippen LogP contribution is -2.35. The van der Waals surface area contributed by atoms with Gasteiger partial charge in [0.25, 0.3) is 0 Å². The third-order valence-corrected chi connectivity index (χ3v) is 3.28. The van der Waals surface area contributed by atoms with Crippen LogP contribution in [0.25, 0.3) is 0 Å². The van der Waals surface area contributed by atoms with Crippen molar-refractivity contribution in [2.75, 3.05) is 13.1 Å². The van der Waals surface area contributed by atoms with Crippen LogP contribution >= 0.6 is 0 Å². The number of alkyl halides is 1. The normalized spacial score (nSPS) is 22.4. The molecule has 1 aliphatic rings. The first-order chi connectivity index (χ1) is 8.16. The van der Waals surface area contributed by atoms with Crippen LogP contribution in [-0.4, -0.2) is 19.3 Å². The molecule has 1 aliphatic heterocycles. The fourth-order valence-electron chi connectivity index (χ4n) is 2.25. The number of hydrogen-bond acceptors (Lipinski definition) is 1. The first-order valence-electron chi connectivity index (χ1n) is 5.95. The first kappa shape index (κ1) is 12.4. The predicted molar refractivity (Wildman–Crippen MR) is 60.6 cm³/mol. The number of halogens is 3. The van der Waals surface area contributed by atoms with Gasteiger partial charge in [-0.05, 0) is 31.0 Å². The van der Waals surface area contributed by atoms with Crippen molar-refractivity contribution in [3.05, 3.63) is 35.4 Å². The van der Waals surface area contributed by atoms with E-state index in [0.29, 0.717) is 6.54 Å². The van der Waals surface area contributed by atoms with E-state index in [-0.39, 0.29) is 17.9 Å². The van der Waals surface area contributed by atoms with Crippen molar-refractivity contribution in [1.82, 2.24) is 5.32 Å². The van der Waals surface area contributed by atoms with Crippen LogP contribution < -0.4 is 5.32 Å². The second-order valence-electron chi connectivity index (χ2n) is 4.56. The number of piperidine rings is 1. The Morgan fingerprint density at radius 2 is 2.18 bits per heavy atom. The van der Waals surface area contributed by atoms with E-state index in [1.54, 1.807) is 0 Å². The van der Waals surface area contributed by atoms with Crippen molar-refractivity contribution in [2.45, 2.75) is 25.4 Å². The summed E-state index contributed by atoms with van der Waals surface area (Å²) in [5, 5.41) is 3.13. The molecule has 0 aliphatic carbocycles. The van der Waals surface area contributed by atoms with Crippen molar-refractivity contribution < 1.29 is 13.2 Å². The summed E-state index contributed by atoms with van der Waals surface area (Å²) in [6, 6.07) is 3.30. The Kier molecular flexibility index (Phi) is 4.05. The molecule has 1 fully saturated rings. The second-order valence-corrected chi connectivity index (χ2v) is 4.56. The monoisotopic (exact) mass is 243 g/mol. The molecule has 1 saturated heterocycles. The van der Waals surface area contributed by atoms with Crippen LogP contribution in [0.4, 0.5) is 13.2 Å². The molecular formula is C13H16F3N. The summed E-state index contributed by atoms with van der Waals surface area (Å²) in [6.45, 7) is 1.57. The van der Waals surface area contributed by atoms with Gasteiger partial charge in [0.1, 0.15) is 17.8 Å². The van der Waals surface area contributed by atoms with E-state index in [2.05, 4.69) is 5.32 Å². The molecule has 4 heteroatoms. The van der Waals surface area contributed by atoms with Gasteiger partial charge in [0.05, 0.1) is 0 Å². The van der Waals surface area contributed by atoms with Gasteiger partial charge in [0.15, 0.2) is 0 Å². The molecule has 1 aromatic rings. The standard InChI is InChI=1S/C13H16F3N/c14-11-4-3-9(13(16)7-11)6-12(15)10-2-1-5-17-8-10/h3-4,7,10,12,17H,1-2,5-6,8H2. The van der Waals surface area contributed by atoms with Gasteiger partial charge < -0.3 is 5.32 Å². The van der Waals surface area contributed by atoms with E-state index in [1.165, 1.54) is 12.1 Å². The summed E-state index contributed by atoms with van der Waals surface area (Å²) in [4.78, 5) is 0. The second kappa shape index (κ2) is 5.54. The molecule has 1 aromatic carbocycles. The SMILES string of the molecule is Fc1ccc(CC(F)C2CCCNC2)c(F)c1. The molecule has 2 atom stereocenters. The zero-order valence-corrected chi connectivity index (χ0v) is 9.56. The van der Waals surface area contributed by atoms with Crippen LogP contribution in [-0.2, 0) is 6.42 Å². The third-order valence-electron chi connectivity index (χ3n) is 3.28. The van der Waals surface area contributed by atoms with Crippen molar-refractivity contribution in [3.8, 4) is 0 Å². The average Bonchev–Trinajstić information content (AvgIpc) is 2.34. The van der Waals surface area contributed by atoms with Gasteiger partial charge in [-0.3, -0.25) is 0 Å². The molecule has 0 amide bonds. The first-order valence-corrected chi connectivity index (χ1v) is 5.95. The van der Waals surface area contributed by atoms with Crippen LogP contribution in [0.2, 0.25) is 0 Å². The fourth-order valence-corrected chi connectivity index (χ4v) is 2.25. The summed E-state index contributed by atoms with van der Waals surface area (Å²) in [5.74, 6) is -1.34. The van der Waals surface area contributed by atoms with Gasteiger partial charge in [-0.1, -0.05) is 6.07 Å². The zero-order chi connectivity index (χ0) is 12.3. The zero-order valence-electron chi connectivity index (χ0n) is 9.56. The molecule has 1 heterocycles. The Labute approximate surface area is 99.0 Å². The number of benzene rings is 1. The Balaban J connectivity index is 1.99. The van der Waals surface area contributed by atoms with Crippen molar-refractivity contribution in [2.24, 2.45) is 5.92 Å². The van der Waals surface area contributed by atoms with Gasteiger partial charge in [-0.15, -0.1) is 0 Å². The van der Waals surface area contributed by atoms with Crippen molar-refractivity contribution in [1.29, 1.82) is 0 Å². The van der Waals surface area contributed by atoms with Gasteiger partial charge in [-0.2, -0.15) is 0 Å². The lowest BCUT2D eigenvalue weighted by molar-refractivity contribution is 0.190. The summed E-state index contributed by atoms with van der Waals surface area (Å²) in [7, 11) is 0. The Bertz CT molecular complexity index is 375. The van der Waals surface area contributed by atoms with Gasteiger partial charge in [-0.25, -0.2) is 13.2 Å². The van der Waals surface area contributed by atoms with Crippen LogP contribution in [0, 0.1) is 17.6 Å². The summed E-state index contributed by atoms with van der Waals surface area (Å²) in [6.07, 6.45) is 0.745. The summed E-state index contributed by atoms with van der Waals surface area (Å²) < 4.78 is 40.0. The topological polar surface area (TPSA) is 12.0 Å². The summed E-state index contributed by atoms with van der Waals surface area (Å²) in [5.41, 5.74) is 0.254. The molecule has 0 aromatic heterocycles. The molecule has 1 nitrogen and oxygen atoms in total. The minimum absolute atomic E-state index is 0.0262. The van der Waals surface area contributed by atoms with E-state index in [0.717, 1.165) is 25.5 Å². The Morgan fingerprint density at radius 1 is 1.35 bits per heavy atom. The minimum Gasteiger partial charge on any atom is -0.316 e. The maximum Gasteiger partial charge on any atom is 0.129 e. The van der Waals surface area contributed by atoms with Gasteiger partial charge in [0, 0.05) is 24.9 Å². The average molecular weight is 243 g/mol. The van der Waals surface area contributed by atoms with Crippen LogP contribution in [0.15, 0.2) is 18.2 Å². The number of hydrogen-bond donors (Lipinski definition) is 1. The molecular weight excluding hydrogens is 227 g/mol. The number of nitrogens with one attached hydrogen (secondary N) is 1. The highest BCUT2D eigenvalue weighted by Gasteiger charge is 2.24. The molecule has 2 unspecified atom stereocenters. The molecule has 17 heavy (non-hydrogen) atoms. The van der Waals surface area contributed by atoms with E-state index >= 15 is 0 Å². The van der Waals surface area contributed by atoms with Crippen LogP contribution in [0.5, 0.6) is 0 Å². The highest BCUT2D eigenvalue weighted by Crippen LogP contribution is 2.22.